The number of carbonyl (C=O) groups excluding carboxylic acids is 1. The van der Waals surface area contributed by atoms with Crippen LogP contribution in [0.2, 0.25) is 0 Å². The number of pyridine rings is 1. The van der Waals surface area contributed by atoms with Crippen molar-refractivity contribution in [1.29, 1.82) is 0 Å². The Morgan fingerprint density at radius 1 is 1.42 bits per heavy atom. The lowest BCUT2D eigenvalue weighted by Gasteiger charge is -2.33. The summed E-state index contributed by atoms with van der Waals surface area (Å²) in [5.41, 5.74) is 1.85. The maximum atomic E-state index is 14.6. The number of ether oxygens (including phenoxy) is 3. The number of hydrogen-bond donors (Lipinski definition) is 2. The van der Waals surface area contributed by atoms with Crippen molar-refractivity contribution >= 4 is 17.4 Å². The van der Waals surface area contributed by atoms with Gasteiger partial charge >= 0.3 is 0 Å². The highest BCUT2D eigenvalue weighted by molar-refractivity contribution is 6.04. The normalized spacial score (nSPS) is 22.3. The molecule has 1 amide bonds. The molecule has 31 heavy (non-hydrogen) atoms. The van der Waals surface area contributed by atoms with Gasteiger partial charge in [0, 0.05) is 23.9 Å². The number of anilines is 1. The molecule has 1 aromatic carbocycles. The van der Waals surface area contributed by atoms with Crippen molar-refractivity contribution in [3.05, 3.63) is 53.1 Å². The first-order valence-electron chi connectivity index (χ1n) is 11.7. The molecule has 166 valence electrons. The molecule has 1 aliphatic heterocycles. The number of methoxy groups -OCH3 is 2. The number of carbonyl (C=O) groups is 1. The number of hydrogen-bond acceptors (Lipinski definition) is 7. The molecule has 1 aromatic heterocycles. The van der Waals surface area contributed by atoms with Crippen LogP contribution in [0.15, 0.2) is 35.5 Å². The van der Waals surface area contributed by atoms with Crippen molar-refractivity contribution in [3.8, 4) is 5.75 Å². The third-order valence-corrected chi connectivity index (χ3v) is 4.47. The van der Waals surface area contributed by atoms with Crippen LogP contribution in [0, 0.1) is 5.82 Å². The Kier molecular flexibility index (Phi) is 4.68. The largest absolute Gasteiger partial charge is 0.495 e. The number of nitrogens with zero attached hydrogens (tertiary/aromatic N) is 2. The number of nitrogens with one attached hydrogen (secondary N) is 1. The van der Waals surface area contributed by atoms with E-state index < -0.39 is 56.5 Å². The van der Waals surface area contributed by atoms with Gasteiger partial charge in [-0.1, -0.05) is 0 Å². The summed E-state index contributed by atoms with van der Waals surface area (Å²) >= 11 is 0. The molecular weight excluding hydrogens is 417 g/mol. The zero-order chi connectivity index (χ0) is 27.6. The Bertz CT molecular complexity index is 1200. The van der Waals surface area contributed by atoms with Gasteiger partial charge in [-0.05, 0) is 24.3 Å². The van der Waals surface area contributed by atoms with E-state index in [9.17, 15) is 18.0 Å². The number of amidine groups is 1. The molecule has 0 bridgehead atoms. The van der Waals surface area contributed by atoms with Gasteiger partial charge in [0.15, 0.2) is 5.54 Å². The summed E-state index contributed by atoms with van der Waals surface area (Å²) in [7, 11) is -5.71. The van der Waals surface area contributed by atoms with Crippen LogP contribution in [-0.4, -0.2) is 50.4 Å². The summed E-state index contributed by atoms with van der Waals surface area (Å²) in [5, 5.41) is 2.36. The molecule has 2 heterocycles. The number of aromatic nitrogens is 1. The van der Waals surface area contributed by atoms with Crippen LogP contribution in [0.1, 0.15) is 29.8 Å². The van der Waals surface area contributed by atoms with Crippen LogP contribution in [-0.2, 0) is 21.6 Å². The molecule has 3 N–H and O–H groups in total. The summed E-state index contributed by atoms with van der Waals surface area (Å²) < 4.78 is 100. The zero-order valence-electron chi connectivity index (χ0n) is 21.8. The summed E-state index contributed by atoms with van der Waals surface area (Å²) in [4.78, 5) is 20.5. The SMILES string of the molecule is [2H]C([2H])([2H])OCc1cc(OC([2H])([2H])[2H])cnc1C(=O)Nc1ccc(F)c(C2(C(F)F)COCC(N)=N2)c1. The molecular formula is C20H21F3N4O4. The van der Waals surface area contributed by atoms with Crippen LogP contribution in [0.25, 0.3) is 0 Å². The van der Waals surface area contributed by atoms with Gasteiger partial charge in [0.2, 0.25) is 0 Å². The smallest absolute Gasteiger partial charge is 0.274 e. The summed E-state index contributed by atoms with van der Waals surface area (Å²) in [6.07, 6.45) is -2.29. The second-order valence-corrected chi connectivity index (χ2v) is 6.54. The van der Waals surface area contributed by atoms with E-state index in [0.717, 1.165) is 30.5 Å². The van der Waals surface area contributed by atoms with E-state index in [4.69, 9.17) is 28.2 Å². The fourth-order valence-corrected chi connectivity index (χ4v) is 3.06. The van der Waals surface area contributed by atoms with Gasteiger partial charge in [0.25, 0.3) is 12.3 Å². The van der Waals surface area contributed by atoms with E-state index in [0.29, 0.717) is 0 Å². The minimum Gasteiger partial charge on any atom is -0.495 e. The Labute approximate surface area is 184 Å². The molecule has 0 saturated heterocycles. The lowest BCUT2D eigenvalue weighted by atomic mass is 9.90. The monoisotopic (exact) mass is 444 g/mol. The Morgan fingerprint density at radius 2 is 2.26 bits per heavy atom. The second kappa shape index (κ2) is 9.31. The van der Waals surface area contributed by atoms with Gasteiger partial charge in [-0.15, -0.1) is 0 Å². The van der Waals surface area contributed by atoms with Gasteiger partial charge < -0.3 is 25.3 Å². The summed E-state index contributed by atoms with van der Waals surface area (Å²) in [6, 6.07) is 3.93. The first-order chi connectivity index (χ1) is 17.1. The third kappa shape index (κ3) is 4.62. The Morgan fingerprint density at radius 3 is 2.97 bits per heavy atom. The highest BCUT2D eigenvalue weighted by atomic mass is 19.3. The van der Waals surface area contributed by atoms with Crippen molar-refractivity contribution in [2.45, 2.75) is 18.6 Å². The average Bonchev–Trinajstić information content (AvgIpc) is 2.77. The summed E-state index contributed by atoms with van der Waals surface area (Å²) in [5.74, 6) is -2.56. The van der Waals surface area contributed by atoms with Gasteiger partial charge in [0.1, 0.15) is 29.7 Å². The van der Waals surface area contributed by atoms with Crippen molar-refractivity contribution in [2.24, 2.45) is 10.7 Å². The maximum absolute atomic E-state index is 14.6. The molecule has 0 spiro atoms. The van der Waals surface area contributed by atoms with Crippen LogP contribution in [0.4, 0.5) is 18.9 Å². The number of alkyl halides is 2. The molecule has 2 aromatic rings. The van der Waals surface area contributed by atoms with Gasteiger partial charge in [0.05, 0.1) is 34.7 Å². The highest BCUT2D eigenvalue weighted by Crippen LogP contribution is 2.38. The minimum atomic E-state index is -3.21. The van der Waals surface area contributed by atoms with E-state index in [-0.39, 0.29) is 35.1 Å². The number of halogens is 3. The van der Waals surface area contributed by atoms with Gasteiger partial charge in [-0.2, -0.15) is 0 Å². The predicted octanol–water partition coefficient (Wildman–Crippen LogP) is 2.48. The highest BCUT2D eigenvalue weighted by Gasteiger charge is 2.46. The number of amides is 1. The molecule has 8 nitrogen and oxygen atoms in total. The fourth-order valence-electron chi connectivity index (χ4n) is 3.06. The lowest BCUT2D eigenvalue weighted by Crippen LogP contribution is -2.45. The quantitative estimate of drug-likeness (QED) is 0.679. The van der Waals surface area contributed by atoms with E-state index >= 15 is 0 Å². The van der Waals surface area contributed by atoms with E-state index in [1.165, 1.54) is 0 Å². The Hall–Kier alpha value is -3.18. The van der Waals surface area contributed by atoms with Crippen LogP contribution in [0.3, 0.4) is 0 Å². The molecule has 0 saturated carbocycles. The number of nitrogens with two attached hydrogens (primary N) is 1. The van der Waals surface area contributed by atoms with Crippen LogP contribution in [0.5, 0.6) is 5.75 Å². The molecule has 0 fully saturated rings. The fraction of sp³-hybridized carbons (Fsp3) is 0.350. The lowest BCUT2D eigenvalue weighted by molar-refractivity contribution is -0.0145. The average molecular weight is 444 g/mol. The zero-order valence-corrected chi connectivity index (χ0v) is 15.8. The minimum absolute atomic E-state index is 0.131. The number of aliphatic imine (C=N–C) groups is 1. The number of benzene rings is 1. The molecule has 0 radical (unpaired) electrons. The molecule has 0 aliphatic carbocycles. The molecule has 1 unspecified atom stereocenters. The molecule has 1 atom stereocenters. The van der Waals surface area contributed by atoms with Crippen molar-refractivity contribution < 1.29 is 40.4 Å². The van der Waals surface area contributed by atoms with E-state index in [2.05, 4.69) is 15.3 Å². The van der Waals surface area contributed by atoms with Gasteiger partial charge in [-0.25, -0.2) is 18.2 Å². The molecule has 3 rings (SSSR count). The Balaban J connectivity index is 1.95. The maximum Gasteiger partial charge on any atom is 0.274 e. The number of rotatable bonds is 7. The second-order valence-electron chi connectivity index (χ2n) is 6.54. The molecule has 11 heteroatoms. The van der Waals surface area contributed by atoms with Crippen molar-refractivity contribution in [2.75, 3.05) is 32.6 Å². The van der Waals surface area contributed by atoms with Crippen molar-refractivity contribution in [3.63, 3.8) is 0 Å². The topological polar surface area (TPSA) is 108 Å². The third-order valence-electron chi connectivity index (χ3n) is 4.47. The van der Waals surface area contributed by atoms with E-state index in [1.54, 1.807) is 0 Å². The first kappa shape index (κ1) is 15.6. The van der Waals surface area contributed by atoms with Crippen LogP contribution >= 0.6 is 0 Å². The van der Waals surface area contributed by atoms with Gasteiger partial charge in [-0.3, -0.25) is 9.79 Å². The first-order valence-corrected chi connectivity index (χ1v) is 8.73. The van der Waals surface area contributed by atoms with Crippen LogP contribution < -0.4 is 15.8 Å². The standard InChI is InChI=1S/C20H21F3N4O4/c1-29-8-11-5-13(30-2)7-25-17(11)18(28)26-12-3-4-15(21)14(6-12)20(19(22)23)10-31-9-16(24)27-20/h3-7,19H,8-10H2,1-2H3,(H2,24,27)(H,26,28)/i1D3,2D3. The predicted molar refractivity (Wildman–Crippen MR) is 106 cm³/mol. The summed E-state index contributed by atoms with van der Waals surface area (Å²) in [6.45, 7) is -1.55. The molecule has 1 aliphatic rings. The van der Waals surface area contributed by atoms with E-state index in [1.807, 2.05) is 0 Å². The van der Waals surface area contributed by atoms with Crippen molar-refractivity contribution in [1.82, 2.24) is 4.98 Å².